The van der Waals surface area contributed by atoms with Gasteiger partial charge in [0, 0.05) is 23.7 Å². The number of rotatable bonds is 6. The lowest BCUT2D eigenvalue weighted by Crippen LogP contribution is -2.37. The van der Waals surface area contributed by atoms with Crippen LogP contribution in [0.25, 0.3) is 0 Å². The monoisotopic (exact) mass is 266 g/mol. The number of aliphatic hydroxyl groups excluding tert-OH is 1. The van der Waals surface area contributed by atoms with Gasteiger partial charge in [-0.05, 0) is 24.5 Å². The quantitative estimate of drug-likeness (QED) is 0.614. The molecule has 5 heteroatoms. The predicted molar refractivity (Wildman–Crippen MR) is 76.1 cm³/mol. The predicted octanol–water partition coefficient (Wildman–Crippen LogP) is 2.42. The van der Waals surface area contributed by atoms with E-state index in [0.717, 1.165) is 10.6 Å². The van der Waals surface area contributed by atoms with Crippen LogP contribution in [0.1, 0.15) is 0 Å². The Morgan fingerprint density at radius 2 is 2.39 bits per heavy atom. The van der Waals surface area contributed by atoms with Crippen molar-refractivity contribution in [3.63, 3.8) is 0 Å². The summed E-state index contributed by atoms with van der Waals surface area (Å²) in [6.45, 7) is 4.23. The molecule has 2 N–H and O–H groups in total. The van der Waals surface area contributed by atoms with Gasteiger partial charge >= 0.3 is 6.03 Å². The number of thioether (sulfide) groups is 1. The second kappa shape index (κ2) is 7.79. The van der Waals surface area contributed by atoms with Gasteiger partial charge in [-0.15, -0.1) is 18.3 Å². The van der Waals surface area contributed by atoms with E-state index >= 15 is 0 Å². The molecule has 0 aliphatic carbocycles. The maximum absolute atomic E-state index is 11.9. The molecule has 0 bridgehead atoms. The second-order valence-electron chi connectivity index (χ2n) is 3.62. The molecular formula is C13H18N2O2S. The van der Waals surface area contributed by atoms with Gasteiger partial charge in [0.05, 0.1) is 6.61 Å². The van der Waals surface area contributed by atoms with Crippen LogP contribution in [0.15, 0.2) is 41.8 Å². The van der Waals surface area contributed by atoms with Crippen molar-refractivity contribution in [3.05, 3.63) is 36.9 Å². The first-order valence-corrected chi connectivity index (χ1v) is 6.85. The minimum absolute atomic E-state index is 0.0634. The third kappa shape index (κ3) is 4.43. The van der Waals surface area contributed by atoms with Crippen LogP contribution in [0, 0.1) is 0 Å². The molecule has 1 rings (SSSR count). The molecule has 0 heterocycles. The zero-order chi connectivity index (χ0) is 13.4. The number of hydrogen-bond donors (Lipinski definition) is 2. The summed E-state index contributed by atoms with van der Waals surface area (Å²) in [5, 5.41) is 11.7. The Bertz CT molecular complexity index is 410. The van der Waals surface area contributed by atoms with Crippen molar-refractivity contribution in [1.82, 2.24) is 4.90 Å². The van der Waals surface area contributed by atoms with Crippen LogP contribution in [-0.2, 0) is 0 Å². The SMILES string of the molecule is C=CCN(CCO)C(=O)Nc1cccc(SC)c1. The van der Waals surface area contributed by atoms with Gasteiger partial charge in [-0.25, -0.2) is 4.79 Å². The molecule has 2 amide bonds. The number of carbonyl (C=O) groups excluding carboxylic acids is 1. The summed E-state index contributed by atoms with van der Waals surface area (Å²) in [6.07, 6.45) is 3.62. The van der Waals surface area contributed by atoms with E-state index in [1.54, 1.807) is 17.8 Å². The number of nitrogens with one attached hydrogen (secondary N) is 1. The Labute approximate surface area is 112 Å². The van der Waals surface area contributed by atoms with Crippen molar-refractivity contribution in [2.45, 2.75) is 4.90 Å². The molecule has 0 aliphatic rings. The van der Waals surface area contributed by atoms with Crippen LogP contribution in [-0.4, -0.2) is 42.0 Å². The highest BCUT2D eigenvalue weighted by molar-refractivity contribution is 7.98. The minimum Gasteiger partial charge on any atom is -0.395 e. The molecule has 1 aromatic carbocycles. The van der Waals surface area contributed by atoms with Crippen LogP contribution in [0.3, 0.4) is 0 Å². The van der Waals surface area contributed by atoms with E-state index in [1.165, 1.54) is 4.90 Å². The van der Waals surface area contributed by atoms with Gasteiger partial charge in [-0.2, -0.15) is 0 Å². The lowest BCUT2D eigenvalue weighted by Gasteiger charge is -2.20. The standard InChI is InChI=1S/C13H18N2O2S/c1-3-7-15(8-9-16)13(17)14-11-5-4-6-12(10-11)18-2/h3-6,10,16H,1,7-9H2,2H3,(H,14,17). The third-order valence-electron chi connectivity index (χ3n) is 2.33. The maximum atomic E-state index is 11.9. The molecule has 0 unspecified atom stereocenters. The summed E-state index contributed by atoms with van der Waals surface area (Å²) >= 11 is 1.62. The summed E-state index contributed by atoms with van der Waals surface area (Å²) in [4.78, 5) is 14.5. The van der Waals surface area contributed by atoms with Crippen LogP contribution in [0.2, 0.25) is 0 Å². The number of amides is 2. The molecule has 0 radical (unpaired) electrons. The molecule has 0 saturated heterocycles. The minimum atomic E-state index is -0.234. The van der Waals surface area contributed by atoms with E-state index in [2.05, 4.69) is 11.9 Å². The van der Waals surface area contributed by atoms with E-state index in [-0.39, 0.29) is 12.6 Å². The number of urea groups is 1. The van der Waals surface area contributed by atoms with E-state index in [0.29, 0.717) is 13.1 Å². The highest BCUT2D eigenvalue weighted by Crippen LogP contribution is 2.19. The smallest absolute Gasteiger partial charge is 0.322 e. The van der Waals surface area contributed by atoms with Crippen LogP contribution >= 0.6 is 11.8 Å². The van der Waals surface area contributed by atoms with Crippen molar-refractivity contribution < 1.29 is 9.90 Å². The lowest BCUT2D eigenvalue weighted by atomic mass is 10.3. The molecule has 1 aromatic rings. The number of carbonyl (C=O) groups is 1. The number of hydrogen-bond acceptors (Lipinski definition) is 3. The van der Waals surface area contributed by atoms with Crippen molar-refractivity contribution in [2.24, 2.45) is 0 Å². The van der Waals surface area contributed by atoms with Gasteiger partial charge in [-0.1, -0.05) is 12.1 Å². The van der Waals surface area contributed by atoms with E-state index in [4.69, 9.17) is 5.11 Å². The first-order valence-electron chi connectivity index (χ1n) is 5.63. The Balaban J connectivity index is 2.68. The fourth-order valence-corrected chi connectivity index (χ4v) is 1.92. The van der Waals surface area contributed by atoms with Gasteiger partial charge in [0.15, 0.2) is 0 Å². The van der Waals surface area contributed by atoms with Crippen molar-refractivity contribution in [1.29, 1.82) is 0 Å². The molecule has 98 valence electrons. The topological polar surface area (TPSA) is 52.6 Å². The molecule has 0 fully saturated rings. The molecule has 18 heavy (non-hydrogen) atoms. The first-order chi connectivity index (χ1) is 8.71. The van der Waals surface area contributed by atoms with Gasteiger partial charge < -0.3 is 15.3 Å². The second-order valence-corrected chi connectivity index (χ2v) is 4.50. The summed E-state index contributed by atoms with van der Waals surface area (Å²) < 4.78 is 0. The Morgan fingerprint density at radius 3 is 3.00 bits per heavy atom. The van der Waals surface area contributed by atoms with E-state index < -0.39 is 0 Å². The van der Waals surface area contributed by atoms with Gasteiger partial charge in [0.25, 0.3) is 0 Å². The summed E-state index contributed by atoms with van der Waals surface area (Å²) in [6, 6.07) is 7.39. The van der Waals surface area contributed by atoms with E-state index in [9.17, 15) is 4.79 Å². The lowest BCUT2D eigenvalue weighted by molar-refractivity contribution is 0.195. The molecular weight excluding hydrogens is 248 g/mol. The van der Waals surface area contributed by atoms with Crippen molar-refractivity contribution >= 4 is 23.5 Å². The maximum Gasteiger partial charge on any atom is 0.322 e. The molecule has 0 aliphatic heterocycles. The highest BCUT2D eigenvalue weighted by Gasteiger charge is 2.11. The summed E-state index contributed by atoms with van der Waals surface area (Å²) in [5.74, 6) is 0. The van der Waals surface area contributed by atoms with Gasteiger partial charge in [0.2, 0.25) is 0 Å². The van der Waals surface area contributed by atoms with Crippen LogP contribution in [0.5, 0.6) is 0 Å². The number of nitrogens with zero attached hydrogens (tertiary/aromatic N) is 1. The Kier molecular flexibility index (Phi) is 6.32. The average Bonchev–Trinajstić information content (AvgIpc) is 2.38. The number of aliphatic hydroxyl groups is 1. The molecule has 0 saturated carbocycles. The largest absolute Gasteiger partial charge is 0.395 e. The van der Waals surface area contributed by atoms with Crippen molar-refractivity contribution in [2.75, 3.05) is 31.3 Å². The fourth-order valence-electron chi connectivity index (χ4n) is 1.46. The molecule has 4 nitrogen and oxygen atoms in total. The van der Waals surface area contributed by atoms with Gasteiger partial charge in [0.1, 0.15) is 0 Å². The van der Waals surface area contributed by atoms with Crippen LogP contribution < -0.4 is 5.32 Å². The average molecular weight is 266 g/mol. The molecule has 0 spiro atoms. The summed E-state index contributed by atoms with van der Waals surface area (Å²) in [7, 11) is 0. The normalized spacial score (nSPS) is 9.89. The zero-order valence-electron chi connectivity index (χ0n) is 10.4. The molecule has 0 atom stereocenters. The van der Waals surface area contributed by atoms with Crippen LogP contribution in [0.4, 0.5) is 10.5 Å². The Hall–Kier alpha value is -1.46. The highest BCUT2D eigenvalue weighted by atomic mass is 32.2. The number of anilines is 1. The zero-order valence-corrected chi connectivity index (χ0v) is 11.2. The first kappa shape index (κ1) is 14.6. The Morgan fingerprint density at radius 1 is 1.61 bits per heavy atom. The van der Waals surface area contributed by atoms with Crippen molar-refractivity contribution in [3.8, 4) is 0 Å². The third-order valence-corrected chi connectivity index (χ3v) is 3.05. The number of benzene rings is 1. The molecule has 0 aromatic heterocycles. The fraction of sp³-hybridized carbons (Fsp3) is 0.308. The van der Waals surface area contributed by atoms with E-state index in [1.807, 2.05) is 30.5 Å². The van der Waals surface area contributed by atoms with Gasteiger partial charge in [-0.3, -0.25) is 0 Å². The summed E-state index contributed by atoms with van der Waals surface area (Å²) in [5.41, 5.74) is 0.749.